The lowest BCUT2D eigenvalue weighted by Crippen LogP contribution is -2.46. The number of anilines is 2. The van der Waals surface area contributed by atoms with Gasteiger partial charge in [0, 0.05) is 31.9 Å². The van der Waals surface area contributed by atoms with Crippen LogP contribution in [0.4, 0.5) is 11.4 Å². The van der Waals surface area contributed by atoms with Gasteiger partial charge >= 0.3 is 0 Å². The Morgan fingerprint density at radius 3 is 2.17 bits per heavy atom. The van der Waals surface area contributed by atoms with Crippen LogP contribution in [-0.2, 0) is 0 Å². The number of halogens is 2. The van der Waals surface area contributed by atoms with Crippen molar-refractivity contribution in [1.82, 2.24) is 4.90 Å². The Kier molecular flexibility index (Phi) is 4.60. The maximum absolute atomic E-state index is 6.25. The van der Waals surface area contributed by atoms with E-state index in [1.54, 1.807) is 12.1 Å². The summed E-state index contributed by atoms with van der Waals surface area (Å²) in [6, 6.07) is 3.53. The fraction of sp³-hybridized carbons (Fsp3) is 0.538. The van der Waals surface area contributed by atoms with Crippen molar-refractivity contribution in [2.45, 2.75) is 13.3 Å². The maximum atomic E-state index is 6.25. The zero-order valence-electron chi connectivity index (χ0n) is 10.6. The predicted molar refractivity (Wildman–Crippen MR) is 79.8 cm³/mol. The Bertz CT molecular complexity index is 392. The molecule has 0 radical (unpaired) electrons. The summed E-state index contributed by atoms with van der Waals surface area (Å²) >= 11 is 12.5. The van der Waals surface area contributed by atoms with Gasteiger partial charge in [0.15, 0.2) is 0 Å². The molecule has 0 aliphatic carbocycles. The number of hydrogen-bond donors (Lipinski definition) is 1. The van der Waals surface area contributed by atoms with Crippen molar-refractivity contribution < 1.29 is 0 Å². The topological polar surface area (TPSA) is 32.5 Å². The first-order chi connectivity index (χ1) is 8.61. The quantitative estimate of drug-likeness (QED) is 0.867. The molecule has 1 aliphatic heterocycles. The van der Waals surface area contributed by atoms with Gasteiger partial charge in [0.05, 0.1) is 15.7 Å². The van der Waals surface area contributed by atoms with Crippen LogP contribution in [-0.4, -0.2) is 37.6 Å². The van der Waals surface area contributed by atoms with Crippen LogP contribution >= 0.6 is 23.2 Å². The summed E-state index contributed by atoms with van der Waals surface area (Å²) in [6.07, 6.45) is 1.20. The number of nitrogen functional groups attached to an aromatic ring is 1. The molecule has 18 heavy (non-hydrogen) atoms. The molecule has 1 aliphatic rings. The molecule has 100 valence electrons. The number of piperazine rings is 1. The van der Waals surface area contributed by atoms with Crippen LogP contribution in [0.1, 0.15) is 13.3 Å². The molecule has 1 aromatic carbocycles. The highest BCUT2D eigenvalue weighted by Crippen LogP contribution is 2.36. The molecular formula is C13H19Cl2N3. The van der Waals surface area contributed by atoms with Gasteiger partial charge in [0.2, 0.25) is 0 Å². The van der Waals surface area contributed by atoms with Crippen molar-refractivity contribution >= 4 is 34.6 Å². The fourth-order valence-electron chi connectivity index (χ4n) is 2.40. The summed E-state index contributed by atoms with van der Waals surface area (Å²) in [5.74, 6) is 0. The van der Waals surface area contributed by atoms with E-state index in [9.17, 15) is 0 Å². The van der Waals surface area contributed by atoms with Crippen molar-refractivity contribution in [1.29, 1.82) is 0 Å². The highest BCUT2D eigenvalue weighted by atomic mass is 35.5. The van der Waals surface area contributed by atoms with Crippen molar-refractivity contribution in [2.75, 3.05) is 43.4 Å². The minimum Gasteiger partial charge on any atom is -0.399 e. The number of benzene rings is 1. The SMILES string of the molecule is CCCN1CCN(c2c(Cl)cc(N)cc2Cl)CC1. The second kappa shape index (κ2) is 6.00. The molecule has 5 heteroatoms. The molecule has 2 N–H and O–H groups in total. The minimum atomic E-state index is 0.610. The average Bonchev–Trinajstić information content (AvgIpc) is 2.30. The van der Waals surface area contributed by atoms with Gasteiger partial charge in [-0.1, -0.05) is 30.1 Å². The van der Waals surface area contributed by atoms with E-state index in [1.807, 2.05) is 0 Å². The standard InChI is InChI=1S/C13H19Cl2N3/c1-2-3-17-4-6-18(7-5-17)13-11(14)8-10(16)9-12(13)15/h8-9H,2-7,16H2,1H3. The third-order valence-electron chi connectivity index (χ3n) is 3.27. The summed E-state index contributed by atoms with van der Waals surface area (Å²) in [7, 11) is 0. The molecule has 0 saturated carbocycles. The number of rotatable bonds is 3. The van der Waals surface area contributed by atoms with Gasteiger partial charge < -0.3 is 10.6 Å². The molecule has 0 bridgehead atoms. The molecule has 3 nitrogen and oxygen atoms in total. The largest absolute Gasteiger partial charge is 0.399 e. The highest BCUT2D eigenvalue weighted by Gasteiger charge is 2.20. The lowest BCUT2D eigenvalue weighted by Gasteiger charge is -2.36. The smallest absolute Gasteiger partial charge is 0.0747 e. The van der Waals surface area contributed by atoms with E-state index in [1.165, 1.54) is 6.42 Å². The number of nitrogens with zero attached hydrogens (tertiary/aromatic N) is 2. The lowest BCUT2D eigenvalue weighted by atomic mass is 10.2. The van der Waals surface area contributed by atoms with Crippen molar-refractivity contribution in [2.24, 2.45) is 0 Å². The Labute approximate surface area is 118 Å². The van der Waals surface area contributed by atoms with E-state index in [0.29, 0.717) is 15.7 Å². The molecular weight excluding hydrogens is 269 g/mol. The molecule has 1 fully saturated rings. The van der Waals surface area contributed by atoms with E-state index >= 15 is 0 Å². The van der Waals surface area contributed by atoms with Crippen LogP contribution in [0.3, 0.4) is 0 Å². The van der Waals surface area contributed by atoms with Gasteiger partial charge in [-0.15, -0.1) is 0 Å². The number of hydrogen-bond acceptors (Lipinski definition) is 3. The Morgan fingerprint density at radius 1 is 1.11 bits per heavy atom. The van der Waals surface area contributed by atoms with E-state index < -0.39 is 0 Å². The zero-order chi connectivity index (χ0) is 13.1. The van der Waals surface area contributed by atoms with Crippen molar-refractivity contribution in [3.8, 4) is 0 Å². The maximum Gasteiger partial charge on any atom is 0.0747 e. The average molecular weight is 288 g/mol. The predicted octanol–water partition coefficient (Wildman–Crippen LogP) is 3.11. The van der Waals surface area contributed by atoms with E-state index in [4.69, 9.17) is 28.9 Å². The molecule has 2 rings (SSSR count). The second-order valence-corrected chi connectivity index (χ2v) is 5.48. The molecule has 0 spiro atoms. The molecule has 0 amide bonds. The third kappa shape index (κ3) is 3.02. The summed E-state index contributed by atoms with van der Waals surface area (Å²) in [5.41, 5.74) is 7.25. The van der Waals surface area contributed by atoms with Crippen LogP contribution in [0, 0.1) is 0 Å². The van der Waals surface area contributed by atoms with E-state index in [-0.39, 0.29) is 0 Å². The normalized spacial score (nSPS) is 17.2. The molecule has 1 heterocycles. The molecule has 1 saturated heterocycles. The molecule has 0 aromatic heterocycles. The Balaban J connectivity index is 2.10. The van der Waals surface area contributed by atoms with Gasteiger partial charge in [0.25, 0.3) is 0 Å². The van der Waals surface area contributed by atoms with Crippen molar-refractivity contribution in [3.63, 3.8) is 0 Å². The summed E-state index contributed by atoms with van der Waals surface area (Å²) in [4.78, 5) is 4.71. The summed E-state index contributed by atoms with van der Waals surface area (Å²) < 4.78 is 0. The van der Waals surface area contributed by atoms with E-state index in [0.717, 1.165) is 38.4 Å². The summed E-state index contributed by atoms with van der Waals surface area (Å²) in [6.45, 7) is 7.42. The molecule has 0 unspecified atom stereocenters. The highest BCUT2D eigenvalue weighted by molar-refractivity contribution is 6.39. The summed E-state index contributed by atoms with van der Waals surface area (Å²) in [5, 5.41) is 1.29. The Hall–Kier alpha value is -0.640. The Morgan fingerprint density at radius 2 is 1.67 bits per heavy atom. The molecule has 0 atom stereocenters. The third-order valence-corrected chi connectivity index (χ3v) is 3.84. The van der Waals surface area contributed by atoms with Crippen LogP contribution in [0.25, 0.3) is 0 Å². The lowest BCUT2D eigenvalue weighted by molar-refractivity contribution is 0.258. The van der Waals surface area contributed by atoms with Crippen LogP contribution < -0.4 is 10.6 Å². The zero-order valence-corrected chi connectivity index (χ0v) is 12.1. The first kappa shape index (κ1) is 13.8. The van der Waals surface area contributed by atoms with Crippen LogP contribution in [0.5, 0.6) is 0 Å². The minimum absolute atomic E-state index is 0.610. The van der Waals surface area contributed by atoms with Gasteiger partial charge in [-0.05, 0) is 25.1 Å². The van der Waals surface area contributed by atoms with Crippen LogP contribution in [0.15, 0.2) is 12.1 Å². The first-order valence-corrected chi connectivity index (χ1v) is 7.09. The fourth-order valence-corrected chi connectivity index (χ4v) is 3.14. The van der Waals surface area contributed by atoms with E-state index in [2.05, 4.69) is 16.7 Å². The van der Waals surface area contributed by atoms with Crippen molar-refractivity contribution in [3.05, 3.63) is 22.2 Å². The monoisotopic (exact) mass is 287 g/mol. The number of nitrogens with two attached hydrogens (primary N) is 1. The molecule has 1 aromatic rings. The van der Waals surface area contributed by atoms with Gasteiger partial charge in [-0.25, -0.2) is 0 Å². The van der Waals surface area contributed by atoms with Crippen LogP contribution in [0.2, 0.25) is 10.0 Å². The van der Waals surface area contributed by atoms with Gasteiger partial charge in [-0.2, -0.15) is 0 Å². The van der Waals surface area contributed by atoms with Gasteiger partial charge in [-0.3, -0.25) is 4.90 Å². The second-order valence-electron chi connectivity index (χ2n) is 4.66. The van der Waals surface area contributed by atoms with Gasteiger partial charge in [0.1, 0.15) is 0 Å². The first-order valence-electron chi connectivity index (χ1n) is 6.33.